The van der Waals surface area contributed by atoms with Crippen LogP contribution >= 0.6 is 0 Å². The highest BCUT2D eigenvalue weighted by molar-refractivity contribution is 7.89. The quantitative estimate of drug-likeness (QED) is 0.734. The summed E-state index contributed by atoms with van der Waals surface area (Å²) in [6.07, 6.45) is 3.37. The first-order chi connectivity index (χ1) is 12.5. The van der Waals surface area contributed by atoms with E-state index in [2.05, 4.69) is 15.0 Å². The second kappa shape index (κ2) is 7.84. The van der Waals surface area contributed by atoms with Crippen molar-refractivity contribution in [2.75, 3.05) is 6.61 Å². The Labute approximate surface area is 152 Å². The van der Waals surface area contributed by atoms with Gasteiger partial charge >= 0.3 is 0 Å². The van der Waals surface area contributed by atoms with Crippen molar-refractivity contribution in [3.8, 4) is 5.88 Å². The number of hydrogen-bond acceptors (Lipinski definition) is 5. The molecule has 0 radical (unpaired) electrons. The van der Waals surface area contributed by atoms with Crippen LogP contribution in [0, 0.1) is 0 Å². The summed E-state index contributed by atoms with van der Waals surface area (Å²) in [5.74, 6) is 0.232. The van der Waals surface area contributed by atoms with Crippen LogP contribution in [-0.2, 0) is 16.6 Å². The molecule has 1 aromatic heterocycles. The molecule has 0 aliphatic heterocycles. The van der Waals surface area contributed by atoms with Crippen molar-refractivity contribution in [1.82, 2.24) is 15.0 Å². The molecule has 2 N–H and O–H groups in total. The number of benzene rings is 1. The minimum Gasteiger partial charge on any atom is -0.478 e. The summed E-state index contributed by atoms with van der Waals surface area (Å²) >= 11 is 0. The fraction of sp³-hybridized carbons (Fsp3) is 0.333. The number of sulfonamides is 1. The molecule has 1 heterocycles. The van der Waals surface area contributed by atoms with E-state index in [-0.39, 0.29) is 16.8 Å². The fourth-order valence-electron chi connectivity index (χ4n) is 2.35. The smallest absolute Gasteiger partial charge is 0.251 e. The number of ether oxygens (including phenoxy) is 1. The van der Waals surface area contributed by atoms with Crippen LogP contribution in [0.3, 0.4) is 0 Å². The van der Waals surface area contributed by atoms with Crippen molar-refractivity contribution in [1.29, 1.82) is 0 Å². The van der Waals surface area contributed by atoms with Gasteiger partial charge in [0, 0.05) is 30.4 Å². The molecule has 0 spiro atoms. The average molecular weight is 375 g/mol. The summed E-state index contributed by atoms with van der Waals surface area (Å²) < 4.78 is 32.2. The number of nitrogens with zero attached hydrogens (tertiary/aromatic N) is 1. The van der Waals surface area contributed by atoms with E-state index in [1.54, 1.807) is 18.3 Å². The van der Waals surface area contributed by atoms with Gasteiger partial charge in [-0.3, -0.25) is 4.79 Å². The Morgan fingerprint density at radius 3 is 2.62 bits per heavy atom. The van der Waals surface area contributed by atoms with Crippen LogP contribution in [0.25, 0.3) is 0 Å². The van der Waals surface area contributed by atoms with E-state index in [0.29, 0.717) is 24.6 Å². The van der Waals surface area contributed by atoms with Crippen LogP contribution in [-0.4, -0.2) is 32.0 Å². The third kappa shape index (κ3) is 4.80. The maximum atomic E-state index is 12.3. The van der Waals surface area contributed by atoms with Gasteiger partial charge in [-0.15, -0.1) is 0 Å². The number of nitrogens with one attached hydrogen (secondary N) is 2. The minimum atomic E-state index is -3.51. The Kier molecular flexibility index (Phi) is 5.53. The molecular weight excluding hydrogens is 354 g/mol. The number of carbonyl (C=O) groups is 1. The molecule has 1 amide bonds. The summed E-state index contributed by atoms with van der Waals surface area (Å²) in [4.78, 5) is 16.5. The zero-order chi connectivity index (χ0) is 18.6. The van der Waals surface area contributed by atoms with E-state index in [0.717, 1.165) is 18.4 Å². The van der Waals surface area contributed by atoms with Gasteiger partial charge in [-0.1, -0.05) is 0 Å². The van der Waals surface area contributed by atoms with E-state index >= 15 is 0 Å². The summed E-state index contributed by atoms with van der Waals surface area (Å²) in [5, 5.41) is 2.80. The first-order valence-corrected chi connectivity index (χ1v) is 9.94. The Hall–Kier alpha value is -2.45. The van der Waals surface area contributed by atoms with Crippen molar-refractivity contribution in [2.24, 2.45) is 0 Å². The lowest BCUT2D eigenvalue weighted by Crippen LogP contribution is -2.26. The lowest BCUT2D eigenvalue weighted by molar-refractivity contribution is 0.0950. The van der Waals surface area contributed by atoms with E-state index in [1.165, 1.54) is 24.3 Å². The summed E-state index contributed by atoms with van der Waals surface area (Å²) in [5.41, 5.74) is 1.26. The summed E-state index contributed by atoms with van der Waals surface area (Å²) in [6.45, 7) is 2.72. The topological polar surface area (TPSA) is 97.4 Å². The maximum absolute atomic E-state index is 12.3. The number of hydrogen-bond donors (Lipinski definition) is 2. The predicted octanol–water partition coefficient (Wildman–Crippen LogP) is 1.85. The van der Waals surface area contributed by atoms with E-state index in [9.17, 15) is 13.2 Å². The number of rotatable bonds is 8. The molecule has 2 aromatic rings. The highest BCUT2D eigenvalue weighted by Crippen LogP contribution is 2.22. The zero-order valence-corrected chi connectivity index (χ0v) is 15.3. The van der Waals surface area contributed by atoms with E-state index < -0.39 is 10.0 Å². The first-order valence-electron chi connectivity index (χ1n) is 8.46. The SMILES string of the molecule is CCOc1cc(CNC(=O)c2ccc(S(=O)(=O)NC3CC3)cc2)ccn1. The molecule has 0 atom stereocenters. The second-order valence-electron chi connectivity index (χ2n) is 6.04. The second-order valence-corrected chi connectivity index (χ2v) is 7.75. The summed E-state index contributed by atoms with van der Waals surface area (Å²) in [6, 6.07) is 9.51. The van der Waals surface area contributed by atoms with Gasteiger partial charge in [-0.2, -0.15) is 0 Å². The molecule has 3 rings (SSSR count). The molecule has 8 heteroatoms. The molecule has 1 aliphatic rings. The van der Waals surface area contributed by atoms with Gasteiger partial charge in [0.05, 0.1) is 11.5 Å². The van der Waals surface area contributed by atoms with Crippen LogP contribution in [0.1, 0.15) is 35.7 Å². The Morgan fingerprint density at radius 2 is 1.96 bits per heavy atom. The lowest BCUT2D eigenvalue weighted by Gasteiger charge is -2.08. The van der Waals surface area contributed by atoms with Gasteiger partial charge < -0.3 is 10.1 Å². The van der Waals surface area contributed by atoms with Gasteiger partial charge in [-0.25, -0.2) is 18.1 Å². The number of pyridine rings is 1. The lowest BCUT2D eigenvalue weighted by atomic mass is 10.2. The Bertz CT molecular complexity index is 878. The minimum absolute atomic E-state index is 0.0462. The molecule has 1 aromatic carbocycles. The van der Waals surface area contributed by atoms with Crippen LogP contribution < -0.4 is 14.8 Å². The standard InChI is InChI=1S/C18H21N3O4S/c1-2-25-17-11-13(9-10-19-17)12-20-18(22)14-3-7-16(8-4-14)26(23,24)21-15-5-6-15/h3-4,7-11,15,21H,2,5-6,12H2,1H3,(H,20,22). The van der Waals surface area contributed by atoms with Crippen molar-refractivity contribution < 1.29 is 17.9 Å². The molecule has 7 nitrogen and oxygen atoms in total. The fourth-order valence-corrected chi connectivity index (χ4v) is 3.65. The largest absolute Gasteiger partial charge is 0.478 e. The highest BCUT2D eigenvalue weighted by Gasteiger charge is 2.27. The number of aromatic nitrogens is 1. The Morgan fingerprint density at radius 1 is 1.23 bits per heavy atom. The van der Waals surface area contributed by atoms with Crippen LogP contribution in [0.5, 0.6) is 5.88 Å². The molecule has 0 bridgehead atoms. The van der Waals surface area contributed by atoms with Gasteiger partial charge in [0.1, 0.15) is 0 Å². The highest BCUT2D eigenvalue weighted by atomic mass is 32.2. The molecule has 1 saturated carbocycles. The van der Waals surface area contributed by atoms with Gasteiger partial charge in [0.2, 0.25) is 15.9 Å². The predicted molar refractivity (Wildman–Crippen MR) is 96.4 cm³/mol. The average Bonchev–Trinajstić information content (AvgIpc) is 3.44. The van der Waals surface area contributed by atoms with Gasteiger partial charge in [0.15, 0.2) is 0 Å². The summed E-state index contributed by atoms with van der Waals surface area (Å²) in [7, 11) is -3.51. The van der Waals surface area contributed by atoms with Crippen molar-refractivity contribution >= 4 is 15.9 Å². The third-order valence-electron chi connectivity index (χ3n) is 3.87. The third-order valence-corrected chi connectivity index (χ3v) is 5.41. The van der Waals surface area contributed by atoms with Crippen LogP contribution in [0.4, 0.5) is 0 Å². The molecule has 0 unspecified atom stereocenters. The maximum Gasteiger partial charge on any atom is 0.251 e. The van der Waals surface area contributed by atoms with Gasteiger partial charge in [0.25, 0.3) is 5.91 Å². The van der Waals surface area contributed by atoms with Gasteiger partial charge in [-0.05, 0) is 55.7 Å². The zero-order valence-electron chi connectivity index (χ0n) is 14.4. The Balaban J connectivity index is 1.60. The first kappa shape index (κ1) is 18.3. The normalized spacial score (nSPS) is 14.0. The monoisotopic (exact) mass is 375 g/mol. The van der Waals surface area contributed by atoms with Crippen molar-refractivity contribution in [3.63, 3.8) is 0 Å². The van der Waals surface area contributed by atoms with Crippen LogP contribution in [0.15, 0.2) is 47.5 Å². The number of amides is 1. The van der Waals surface area contributed by atoms with Crippen molar-refractivity contribution in [3.05, 3.63) is 53.7 Å². The number of carbonyl (C=O) groups excluding carboxylic acids is 1. The molecule has 26 heavy (non-hydrogen) atoms. The molecule has 1 fully saturated rings. The molecule has 138 valence electrons. The van der Waals surface area contributed by atoms with Crippen LogP contribution in [0.2, 0.25) is 0 Å². The molecule has 1 aliphatic carbocycles. The van der Waals surface area contributed by atoms with Crippen molar-refractivity contribution in [2.45, 2.75) is 37.2 Å². The van der Waals surface area contributed by atoms with E-state index in [4.69, 9.17) is 4.74 Å². The molecule has 0 saturated heterocycles. The molecular formula is C18H21N3O4S. The van der Waals surface area contributed by atoms with E-state index in [1.807, 2.05) is 6.92 Å².